The predicted octanol–water partition coefficient (Wildman–Crippen LogP) is 5.68. The Morgan fingerprint density at radius 1 is 1.06 bits per heavy atom. The smallest absolute Gasteiger partial charge is 0.183 e. The minimum absolute atomic E-state index is 0.379. The second kappa shape index (κ2) is 12.9. The number of hydrogen-bond acceptors (Lipinski definition) is 5. The summed E-state index contributed by atoms with van der Waals surface area (Å²) in [4.78, 5) is 0. The summed E-state index contributed by atoms with van der Waals surface area (Å²) in [6.07, 6.45) is 14.1. The molecule has 1 saturated heterocycles. The molecule has 0 radical (unpaired) electrons. The third-order valence-corrected chi connectivity index (χ3v) is 7.61. The Morgan fingerprint density at radius 3 is 2.42 bits per heavy atom. The van der Waals surface area contributed by atoms with Crippen molar-refractivity contribution in [2.24, 2.45) is 11.8 Å². The van der Waals surface area contributed by atoms with Crippen LogP contribution in [0.1, 0.15) is 71.6 Å². The zero-order valence-electron chi connectivity index (χ0n) is 20.8. The average Bonchev–Trinajstić information content (AvgIpc) is 3.30. The van der Waals surface area contributed by atoms with Gasteiger partial charge in [0.25, 0.3) is 0 Å². The highest BCUT2D eigenvalue weighted by molar-refractivity contribution is 6.69. The molecule has 0 amide bonds. The molecule has 182 valence electrons. The maximum atomic E-state index is 10.7. The Bertz CT molecular complexity index is 522. The molecule has 0 aromatic carbocycles. The van der Waals surface area contributed by atoms with Crippen molar-refractivity contribution in [2.45, 2.75) is 103 Å². The zero-order chi connectivity index (χ0) is 22.8. The van der Waals surface area contributed by atoms with E-state index in [0.717, 1.165) is 25.9 Å². The van der Waals surface area contributed by atoms with E-state index in [-0.39, 0.29) is 0 Å². The SMILES string of the molecule is CCOCCC(C)(O)C=CC1CCC2(OCCO2)C1CCCCCCCO[Si](C)(C)C. The minimum atomic E-state index is -1.37. The molecule has 1 N–H and O–H groups in total. The Hall–Kier alpha value is -0.243. The monoisotopic (exact) mass is 456 g/mol. The van der Waals surface area contributed by atoms with Crippen LogP contribution in [0.3, 0.4) is 0 Å². The van der Waals surface area contributed by atoms with Gasteiger partial charge in [0.05, 0.1) is 18.8 Å². The number of unbranched alkanes of at least 4 members (excludes halogenated alkanes) is 4. The fraction of sp³-hybridized carbons (Fsp3) is 0.920. The van der Waals surface area contributed by atoms with Crippen molar-refractivity contribution in [3.63, 3.8) is 0 Å². The van der Waals surface area contributed by atoms with Crippen LogP contribution in [0.4, 0.5) is 0 Å². The average molecular weight is 457 g/mol. The number of rotatable bonds is 15. The molecule has 2 fully saturated rings. The van der Waals surface area contributed by atoms with Crippen molar-refractivity contribution in [3.05, 3.63) is 12.2 Å². The summed E-state index contributed by atoms with van der Waals surface area (Å²) in [5.41, 5.74) is -0.829. The first kappa shape index (κ1) is 27.0. The van der Waals surface area contributed by atoms with Gasteiger partial charge >= 0.3 is 0 Å². The van der Waals surface area contributed by atoms with Crippen LogP contribution in [0, 0.1) is 11.8 Å². The van der Waals surface area contributed by atoms with E-state index < -0.39 is 19.7 Å². The number of allylic oxidation sites excluding steroid dienone is 1. The summed E-state index contributed by atoms with van der Waals surface area (Å²) < 4.78 is 23.7. The lowest BCUT2D eigenvalue weighted by Gasteiger charge is -2.32. The third-order valence-electron chi connectivity index (χ3n) is 6.54. The van der Waals surface area contributed by atoms with Crippen molar-refractivity contribution < 1.29 is 23.7 Å². The van der Waals surface area contributed by atoms with Crippen molar-refractivity contribution >= 4 is 8.32 Å². The van der Waals surface area contributed by atoms with Gasteiger partial charge in [-0.1, -0.05) is 37.8 Å². The van der Waals surface area contributed by atoms with Crippen LogP contribution in [0.25, 0.3) is 0 Å². The molecule has 1 heterocycles. The van der Waals surface area contributed by atoms with E-state index in [4.69, 9.17) is 18.6 Å². The van der Waals surface area contributed by atoms with E-state index in [1.807, 2.05) is 19.9 Å². The van der Waals surface area contributed by atoms with Crippen LogP contribution >= 0.6 is 0 Å². The van der Waals surface area contributed by atoms with E-state index in [1.54, 1.807) is 0 Å². The first-order valence-electron chi connectivity index (χ1n) is 12.6. The Kier molecular flexibility index (Phi) is 11.2. The highest BCUT2D eigenvalue weighted by Gasteiger charge is 2.51. The van der Waals surface area contributed by atoms with Gasteiger partial charge in [0.1, 0.15) is 0 Å². The summed E-state index contributed by atoms with van der Waals surface area (Å²) in [5, 5.41) is 10.7. The zero-order valence-corrected chi connectivity index (χ0v) is 21.8. The van der Waals surface area contributed by atoms with Gasteiger partial charge in [-0.15, -0.1) is 0 Å². The largest absolute Gasteiger partial charge is 0.418 e. The fourth-order valence-corrected chi connectivity index (χ4v) is 5.54. The molecule has 0 aromatic rings. The van der Waals surface area contributed by atoms with Crippen molar-refractivity contribution in [3.8, 4) is 0 Å². The van der Waals surface area contributed by atoms with Gasteiger partial charge in [0.2, 0.25) is 0 Å². The molecule has 1 spiro atoms. The van der Waals surface area contributed by atoms with Crippen LogP contribution < -0.4 is 0 Å². The number of ether oxygens (including phenoxy) is 3. The van der Waals surface area contributed by atoms with Crippen molar-refractivity contribution in [1.29, 1.82) is 0 Å². The molecule has 3 unspecified atom stereocenters. The summed E-state index contributed by atoms with van der Waals surface area (Å²) in [6, 6.07) is 0. The summed E-state index contributed by atoms with van der Waals surface area (Å²) in [6.45, 7) is 14.2. The lowest BCUT2D eigenvalue weighted by atomic mass is 9.86. The molecular formula is C25H48O5Si. The molecule has 3 atom stereocenters. The molecule has 1 aliphatic carbocycles. The molecule has 5 nitrogen and oxygen atoms in total. The Morgan fingerprint density at radius 2 is 1.74 bits per heavy atom. The first-order chi connectivity index (χ1) is 14.7. The third kappa shape index (κ3) is 9.64. The molecule has 1 aliphatic heterocycles. The lowest BCUT2D eigenvalue weighted by molar-refractivity contribution is -0.186. The molecular weight excluding hydrogens is 408 g/mol. The topological polar surface area (TPSA) is 57.2 Å². The molecule has 0 aromatic heterocycles. The van der Waals surface area contributed by atoms with Crippen LogP contribution in [0.15, 0.2) is 12.2 Å². The highest BCUT2D eigenvalue weighted by Crippen LogP contribution is 2.49. The molecule has 0 bridgehead atoms. The summed E-state index contributed by atoms with van der Waals surface area (Å²) >= 11 is 0. The van der Waals surface area contributed by atoms with Gasteiger partial charge in [-0.25, -0.2) is 0 Å². The number of aliphatic hydroxyl groups is 1. The Balaban J connectivity index is 1.79. The second-order valence-corrected chi connectivity index (χ2v) is 15.0. The maximum absolute atomic E-state index is 10.7. The highest BCUT2D eigenvalue weighted by atomic mass is 28.4. The van der Waals surface area contributed by atoms with Gasteiger partial charge in [-0.05, 0) is 58.7 Å². The van der Waals surface area contributed by atoms with E-state index in [0.29, 0.717) is 44.7 Å². The minimum Gasteiger partial charge on any atom is -0.418 e. The lowest BCUT2D eigenvalue weighted by Crippen LogP contribution is -2.36. The van der Waals surface area contributed by atoms with Crippen LogP contribution in [0.5, 0.6) is 0 Å². The van der Waals surface area contributed by atoms with Gasteiger partial charge in [-0.2, -0.15) is 0 Å². The maximum Gasteiger partial charge on any atom is 0.183 e. The van der Waals surface area contributed by atoms with E-state index in [2.05, 4.69) is 25.7 Å². The van der Waals surface area contributed by atoms with E-state index >= 15 is 0 Å². The fourth-order valence-electron chi connectivity index (χ4n) is 4.79. The molecule has 1 saturated carbocycles. The van der Waals surface area contributed by atoms with Crippen molar-refractivity contribution in [1.82, 2.24) is 0 Å². The predicted molar refractivity (Wildman–Crippen MR) is 129 cm³/mol. The van der Waals surface area contributed by atoms with Crippen LogP contribution in [-0.4, -0.2) is 57.8 Å². The number of hydrogen-bond donors (Lipinski definition) is 1. The second-order valence-electron chi connectivity index (χ2n) is 10.5. The standard InChI is InChI=1S/C25H48O5Si/c1-6-27-19-17-24(2,26)15-13-22-14-16-25(28-20-21-29-25)23(22)12-10-8-7-9-11-18-30-31(3,4)5/h13,15,22-23,26H,6-12,14,16-21H2,1-5H3. The van der Waals surface area contributed by atoms with Crippen molar-refractivity contribution in [2.75, 3.05) is 33.0 Å². The van der Waals surface area contributed by atoms with Gasteiger partial charge in [0.15, 0.2) is 14.1 Å². The molecule has 6 heteroatoms. The molecule has 2 aliphatic rings. The van der Waals surface area contributed by atoms with Crippen LogP contribution in [-0.2, 0) is 18.6 Å². The first-order valence-corrected chi connectivity index (χ1v) is 16.0. The van der Waals surface area contributed by atoms with Crippen LogP contribution in [0.2, 0.25) is 19.6 Å². The Labute approximate surface area is 192 Å². The quantitative estimate of drug-likeness (QED) is 0.195. The van der Waals surface area contributed by atoms with Gasteiger partial charge < -0.3 is 23.7 Å². The summed E-state index contributed by atoms with van der Waals surface area (Å²) in [5.74, 6) is 0.392. The summed E-state index contributed by atoms with van der Waals surface area (Å²) in [7, 11) is -1.37. The molecule has 31 heavy (non-hydrogen) atoms. The van der Waals surface area contributed by atoms with E-state index in [1.165, 1.54) is 32.1 Å². The van der Waals surface area contributed by atoms with Gasteiger partial charge in [0, 0.05) is 38.6 Å². The van der Waals surface area contributed by atoms with E-state index in [9.17, 15) is 5.11 Å². The normalized spacial score (nSPS) is 25.6. The molecule has 2 rings (SSSR count). The van der Waals surface area contributed by atoms with Gasteiger partial charge in [-0.3, -0.25) is 0 Å².